The van der Waals surface area contributed by atoms with Gasteiger partial charge in [-0.1, -0.05) is 6.92 Å². The first kappa shape index (κ1) is 53.0. The molecule has 25 atom stereocenters. The average molecular weight is 999 g/mol. The summed E-state index contributed by atoms with van der Waals surface area (Å²) in [4.78, 5) is 25.4. The van der Waals surface area contributed by atoms with Gasteiger partial charge in [0.15, 0.2) is 25.2 Å². The predicted molar refractivity (Wildman–Crippen MR) is 240 cm³/mol. The molecule has 4 aliphatic carbocycles. The van der Waals surface area contributed by atoms with E-state index in [9.17, 15) is 40.2 Å². The number of ether oxygens (including phenoxy) is 12. The van der Waals surface area contributed by atoms with Gasteiger partial charge in [0.25, 0.3) is 0 Å². The molecular formula is C50H78O20. The Kier molecular flexibility index (Phi) is 15.7. The number of rotatable bonds is 14. The van der Waals surface area contributed by atoms with E-state index in [1.807, 2.05) is 13.8 Å². The second-order valence-electron chi connectivity index (χ2n) is 22.1. The van der Waals surface area contributed by atoms with Crippen LogP contribution in [0.3, 0.4) is 0 Å². The fourth-order valence-electron chi connectivity index (χ4n) is 14.9. The maximum atomic E-state index is 13.4. The highest BCUT2D eigenvalue weighted by molar-refractivity contribution is 5.85. The summed E-state index contributed by atoms with van der Waals surface area (Å²) in [5, 5.41) is 66.0. The standard InChI is InChI=1S/C50H78O20/c1-24-43(68-38-18-33(60-6)44(25(2)64-38)69-39-19-34(61-7)45(26(3)65-39)70-46-42(56)41(55)40(54)35(21-51)67-46)32(59-5)17-37(63-24)66-28-8-13-48(23-52)30-9-12-47(4)29(27-16-36(53)62-22-27)11-15-50(47,58)31(30)10-14-49(48,57)20-28/h16,23-26,28-35,37-46,51,54-58H,8-15,17-22H2,1-7H3/t24-,25-,26-,28+,29-,30+,31-,32+,33+,34-,35-,37?,38?,39?,40-,41+,42-,43-,44-,45+,46+,47-,48+,49+,50+/m1/s1. The molecule has 0 aromatic rings. The number of methoxy groups -OCH3 is 3. The fraction of sp³-hybridized carbons (Fsp3) is 0.920. The third-order valence-electron chi connectivity index (χ3n) is 18.7. The van der Waals surface area contributed by atoms with Crippen LogP contribution in [0.15, 0.2) is 11.6 Å². The van der Waals surface area contributed by atoms with Gasteiger partial charge in [-0.3, -0.25) is 0 Å². The van der Waals surface area contributed by atoms with E-state index in [1.165, 1.54) is 7.11 Å². The monoisotopic (exact) mass is 999 g/mol. The molecule has 0 spiro atoms. The number of carbonyl (C=O) groups excluding carboxylic acids is 2. The molecule has 5 heterocycles. The van der Waals surface area contributed by atoms with Crippen LogP contribution in [0.2, 0.25) is 0 Å². The lowest BCUT2D eigenvalue weighted by atomic mass is 9.41. The van der Waals surface area contributed by atoms with Crippen molar-refractivity contribution < 1.29 is 97.1 Å². The van der Waals surface area contributed by atoms with Crippen LogP contribution in [0.5, 0.6) is 0 Å². The molecule has 0 aromatic carbocycles. The first-order valence-electron chi connectivity index (χ1n) is 25.6. The van der Waals surface area contributed by atoms with Gasteiger partial charge in [-0.05, 0) is 95.5 Å². The van der Waals surface area contributed by atoms with Crippen molar-refractivity contribution in [2.24, 2.45) is 28.6 Å². The summed E-state index contributed by atoms with van der Waals surface area (Å²) in [7, 11) is 4.72. The second-order valence-corrected chi connectivity index (χ2v) is 22.1. The van der Waals surface area contributed by atoms with Crippen LogP contribution in [0, 0.1) is 28.6 Å². The number of aliphatic hydroxyl groups excluding tert-OH is 4. The van der Waals surface area contributed by atoms with E-state index < -0.39 is 133 Å². The Hall–Kier alpha value is -1.80. The summed E-state index contributed by atoms with van der Waals surface area (Å²) < 4.78 is 73.6. The molecule has 0 amide bonds. The Morgan fingerprint density at radius 1 is 0.686 bits per heavy atom. The molecule has 6 N–H and O–H groups in total. The molecule has 398 valence electrons. The Morgan fingerprint density at radius 3 is 1.77 bits per heavy atom. The van der Waals surface area contributed by atoms with Crippen LogP contribution >= 0.6 is 0 Å². The predicted octanol–water partition coefficient (Wildman–Crippen LogP) is 1.33. The minimum absolute atomic E-state index is 0.0315. The molecule has 0 radical (unpaired) electrons. The molecule has 4 saturated carbocycles. The smallest absolute Gasteiger partial charge is 0.331 e. The summed E-state index contributed by atoms with van der Waals surface area (Å²) in [5.74, 6) is -0.633. The first-order chi connectivity index (χ1) is 33.4. The van der Waals surface area contributed by atoms with Crippen LogP contribution in [0.4, 0.5) is 0 Å². The van der Waals surface area contributed by atoms with E-state index in [-0.39, 0.29) is 49.3 Å². The Labute approximate surface area is 409 Å². The molecule has 9 rings (SSSR count). The summed E-state index contributed by atoms with van der Waals surface area (Å²) >= 11 is 0. The van der Waals surface area contributed by atoms with Gasteiger partial charge >= 0.3 is 5.97 Å². The van der Waals surface area contributed by atoms with Crippen LogP contribution in [-0.2, 0) is 66.4 Å². The zero-order valence-corrected chi connectivity index (χ0v) is 41.6. The topological polar surface area (TPSA) is 266 Å². The van der Waals surface area contributed by atoms with Crippen LogP contribution < -0.4 is 0 Å². The summed E-state index contributed by atoms with van der Waals surface area (Å²) in [5.41, 5.74) is -2.85. The Balaban J connectivity index is 0.777. The molecule has 20 nitrogen and oxygen atoms in total. The van der Waals surface area contributed by atoms with Gasteiger partial charge in [-0.2, -0.15) is 0 Å². The van der Waals surface area contributed by atoms with E-state index >= 15 is 0 Å². The van der Waals surface area contributed by atoms with E-state index in [0.717, 1.165) is 18.3 Å². The number of hydrogen-bond donors (Lipinski definition) is 6. The minimum atomic E-state index is -1.60. The maximum absolute atomic E-state index is 13.4. The quantitative estimate of drug-likeness (QED) is 0.0814. The van der Waals surface area contributed by atoms with Crippen LogP contribution in [0.25, 0.3) is 0 Å². The van der Waals surface area contributed by atoms with Gasteiger partial charge in [-0.15, -0.1) is 0 Å². The number of esters is 1. The van der Waals surface area contributed by atoms with E-state index in [4.69, 9.17) is 56.8 Å². The SMILES string of the molecule is CO[C@H]1CC(O[C@H]2CC[C@]3(C=O)[C@H]4CC[C@]5(C)[C@@H](C6=CC(=O)OC6)CC[C@]5(O)[C@@H]4CC[C@]3(O)C2)O[C@H](C)[C@H]1OC1C[C@H](OC)[C@H](OC2C[C@@H](OC)[C@@H](O[C@@H]3O[C@H](CO)[C@@H](O)[C@H](O)[C@H]3O)[C@@H](C)O2)[C@@H](C)O1. The normalized spacial score (nSPS) is 52.8. The largest absolute Gasteiger partial charge is 0.458 e. The summed E-state index contributed by atoms with van der Waals surface area (Å²) in [6.45, 7) is 7.34. The van der Waals surface area contributed by atoms with Crippen molar-refractivity contribution in [3.8, 4) is 0 Å². The number of fused-ring (bicyclic) bond motifs is 5. The van der Waals surface area contributed by atoms with Crippen molar-refractivity contribution in [2.75, 3.05) is 34.5 Å². The number of cyclic esters (lactones) is 1. The number of aliphatic hydroxyl groups is 6. The molecule has 0 aromatic heterocycles. The summed E-state index contributed by atoms with van der Waals surface area (Å²) in [6.07, 6.45) is -6.25. The molecule has 0 bridgehead atoms. The van der Waals surface area contributed by atoms with Crippen molar-refractivity contribution in [1.82, 2.24) is 0 Å². The van der Waals surface area contributed by atoms with Crippen LogP contribution in [-0.4, -0.2) is 199 Å². The molecule has 20 heteroatoms. The fourth-order valence-corrected chi connectivity index (χ4v) is 14.9. The lowest BCUT2D eigenvalue weighted by Crippen LogP contribution is -2.69. The van der Waals surface area contributed by atoms with Gasteiger partial charge in [0.2, 0.25) is 0 Å². The van der Waals surface area contributed by atoms with E-state index in [2.05, 4.69) is 6.92 Å². The van der Waals surface area contributed by atoms with Crippen molar-refractivity contribution in [2.45, 2.75) is 227 Å². The summed E-state index contributed by atoms with van der Waals surface area (Å²) in [6, 6.07) is 0. The van der Waals surface area contributed by atoms with Crippen LogP contribution in [0.1, 0.15) is 105 Å². The van der Waals surface area contributed by atoms with Crippen molar-refractivity contribution in [3.05, 3.63) is 11.6 Å². The van der Waals surface area contributed by atoms with Crippen molar-refractivity contribution in [3.63, 3.8) is 0 Å². The highest BCUT2D eigenvalue weighted by atomic mass is 16.8. The maximum Gasteiger partial charge on any atom is 0.331 e. The van der Waals surface area contributed by atoms with Gasteiger partial charge in [-0.25, -0.2) is 4.79 Å². The van der Waals surface area contributed by atoms with E-state index in [0.29, 0.717) is 57.8 Å². The van der Waals surface area contributed by atoms with Gasteiger partial charge in [0, 0.05) is 58.5 Å². The number of hydrogen-bond acceptors (Lipinski definition) is 20. The number of aldehydes is 1. The average Bonchev–Trinajstić information content (AvgIpc) is 3.89. The molecular weight excluding hydrogens is 921 g/mol. The molecule has 5 aliphatic heterocycles. The minimum Gasteiger partial charge on any atom is -0.458 e. The zero-order valence-electron chi connectivity index (χ0n) is 41.6. The zero-order chi connectivity index (χ0) is 50.1. The second kappa shape index (κ2) is 20.7. The molecule has 8 fully saturated rings. The van der Waals surface area contributed by atoms with Crippen molar-refractivity contribution >= 4 is 12.3 Å². The highest BCUT2D eigenvalue weighted by Gasteiger charge is 2.72. The molecule has 9 aliphatic rings. The molecule has 70 heavy (non-hydrogen) atoms. The molecule has 3 unspecified atom stereocenters. The van der Waals surface area contributed by atoms with Gasteiger partial charge in [0.1, 0.15) is 55.6 Å². The third-order valence-corrected chi connectivity index (χ3v) is 18.7. The highest BCUT2D eigenvalue weighted by Crippen LogP contribution is 2.70. The first-order valence-corrected chi connectivity index (χ1v) is 25.6. The van der Waals surface area contributed by atoms with Gasteiger partial charge in [0.05, 0.1) is 66.0 Å². The van der Waals surface area contributed by atoms with E-state index in [1.54, 1.807) is 27.2 Å². The lowest BCUT2D eigenvalue weighted by molar-refractivity contribution is -0.357. The Bertz CT molecular complexity index is 1870. The lowest BCUT2D eigenvalue weighted by Gasteiger charge is -2.65. The van der Waals surface area contributed by atoms with Crippen molar-refractivity contribution in [1.29, 1.82) is 0 Å². The Morgan fingerprint density at radius 2 is 1.24 bits per heavy atom. The molecule has 4 saturated heterocycles. The van der Waals surface area contributed by atoms with Gasteiger partial charge < -0.3 is 92.3 Å². The number of carbonyl (C=O) groups is 2. The third kappa shape index (κ3) is 9.17.